The van der Waals surface area contributed by atoms with Crippen LogP contribution in [0.2, 0.25) is 0 Å². The van der Waals surface area contributed by atoms with Gasteiger partial charge < -0.3 is 4.74 Å². The van der Waals surface area contributed by atoms with Crippen LogP contribution in [0.5, 0.6) is 0 Å². The average Bonchev–Trinajstić information content (AvgIpc) is 2.20. The van der Waals surface area contributed by atoms with Gasteiger partial charge in [-0.05, 0) is 27.2 Å². The molecule has 0 bridgehead atoms. The molecule has 0 amide bonds. The number of nitriles is 2. The van der Waals surface area contributed by atoms with Gasteiger partial charge in [0, 0.05) is 6.42 Å². The third-order valence-electron chi connectivity index (χ3n) is 2.13. The van der Waals surface area contributed by atoms with Crippen LogP contribution >= 0.6 is 0 Å². The van der Waals surface area contributed by atoms with Gasteiger partial charge in [-0.1, -0.05) is 0 Å². The van der Waals surface area contributed by atoms with E-state index >= 15 is 0 Å². The zero-order valence-electron chi connectivity index (χ0n) is 11.0. The molecule has 4 nitrogen and oxygen atoms in total. The summed E-state index contributed by atoms with van der Waals surface area (Å²) in [6, 6.07) is 2.99. The summed E-state index contributed by atoms with van der Waals surface area (Å²) >= 11 is 0. The molecule has 0 aromatic carbocycles. The molecule has 7 heteroatoms. The molecule has 0 spiro atoms. The Bertz CT molecular complexity index is 397. The number of alkyl halides is 3. The monoisotopic (exact) mass is 276 g/mol. The molecule has 0 aromatic heterocycles. The molecule has 0 aliphatic rings. The highest BCUT2D eigenvalue weighted by atomic mass is 19.4. The second-order valence-corrected chi connectivity index (χ2v) is 5.18. The number of carbonyl (C=O) groups excluding carboxylic acids is 1. The van der Waals surface area contributed by atoms with Crippen molar-refractivity contribution in [2.45, 2.75) is 51.8 Å². The molecule has 0 fully saturated rings. The lowest BCUT2D eigenvalue weighted by molar-refractivity contribution is -0.158. The van der Waals surface area contributed by atoms with Crippen molar-refractivity contribution in [1.29, 1.82) is 10.5 Å². The van der Waals surface area contributed by atoms with Crippen molar-refractivity contribution in [3.05, 3.63) is 0 Å². The predicted octanol–water partition coefficient (Wildman–Crippen LogP) is 3.09. The van der Waals surface area contributed by atoms with Gasteiger partial charge in [0.2, 0.25) is 0 Å². The summed E-state index contributed by atoms with van der Waals surface area (Å²) in [4.78, 5) is 11.5. The van der Waals surface area contributed by atoms with Crippen LogP contribution in [0, 0.1) is 28.1 Å². The number of ether oxygens (including phenoxy) is 1. The minimum Gasteiger partial charge on any atom is -0.460 e. The predicted molar refractivity (Wildman–Crippen MR) is 59.4 cm³/mol. The maximum atomic E-state index is 12.1. The largest absolute Gasteiger partial charge is 0.460 e. The molecule has 0 saturated heterocycles. The van der Waals surface area contributed by atoms with Crippen LogP contribution in [-0.2, 0) is 9.53 Å². The molecule has 0 heterocycles. The van der Waals surface area contributed by atoms with Crippen molar-refractivity contribution in [2.75, 3.05) is 0 Å². The lowest BCUT2D eigenvalue weighted by atomic mass is 9.83. The molecular formula is C12H15F3N2O2. The maximum absolute atomic E-state index is 12.1. The van der Waals surface area contributed by atoms with Crippen LogP contribution in [0.3, 0.4) is 0 Å². The molecule has 0 unspecified atom stereocenters. The second kappa shape index (κ2) is 5.92. The Balaban J connectivity index is 4.80. The van der Waals surface area contributed by atoms with E-state index in [9.17, 15) is 18.0 Å². The van der Waals surface area contributed by atoms with Gasteiger partial charge in [0.05, 0.1) is 18.6 Å². The maximum Gasteiger partial charge on any atom is 0.389 e. The molecular weight excluding hydrogens is 261 g/mol. The molecule has 0 N–H and O–H groups in total. The third kappa shape index (κ3) is 7.30. The number of halogens is 3. The quantitative estimate of drug-likeness (QED) is 0.739. The minimum absolute atomic E-state index is 0.673. The summed E-state index contributed by atoms with van der Waals surface area (Å²) in [7, 11) is 0. The fourth-order valence-electron chi connectivity index (χ4n) is 1.28. The standard InChI is InChI=1S/C12H15F3N2O2/c1-10(2,3)19-9(18)6-11(7-16,8-17)4-5-12(13,14)15/h4-6H2,1-3H3. The second-order valence-electron chi connectivity index (χ2n) is 5.18. The third-order valence-corrected chi connectivity index (χ3v) is 2.13. The fourth-order valence-corrected chi connectivity index (χ4v) is 1.28. The summed E-state index contributed by atoms with van der Waals surface area (Å²) in [5.41, 5.74) is -2.82. The first-order chi connectivity index (χ1) is 8.43. The highest BCUT2D eigenvalue weighted by molar-refractivity contribution is 5.72. The summed E-state index contributed by atoms with van der Waals surface area (Å²) in [5, 5.41) is 17.7. The molecule has 0 saturated carbocycles. The first-order valence-corrected chi connectivity index (χ1v) is 5.54. The Morgan fingerprint density at radius 3 is 1.89 bits per heavy atom. The molecule has 0 aliphatic heterocycles. The van der Waals surface area contributed by atoms with E-state index in [1.54, 1.807) is 20.8 Å². The minimum atomic E-state index is -4.48. The van der Waals surface area contributed by atoms with Crippen LogP contribution in [0.4, 0.5) is 13.2 Å². The molecule has 0 rings (SSSR count). The number of carbonyl (C=O) groups is 1. The summed E-state index contributed by atoms with van der Waals surface area (Å²) in [5.74, 6) is -0.863. The van der Waals surface area contributed by atoms with Gasteiger partial charge in [-0.2, -0.15) is 23.7 Å². The van der Waals surface area contributed by atoms with Crippen LogP contribution in [0.15, 0.2) is 0 Å². The Morgan fingerprint density at radius 2 is 1.58 bits per heavy atom. The van der Waals surface area contributed by atoms with Gasteiger partial charge >= 0.3 is 12.1 Å². The van der Waals surface area contributed by atoms with Crippen molar-refractivity contribution in [3.63, 3.8) is 0 Å². The molecule has 0 atom stereocenters. The van der Waals surface area contributed by atoms with Crippen molar-refractivity contribution >= 4 is 5.97 Å². The van der Waals surface area contributed by atoms with E-state index in [0.717, 1.165) is 0 Å². The summed E-state index contributed by atoms with van der Waals surface area (Å²) < 4.78 is 41.3. The Hall–Kier alpha value is -1.76. The van der Waals surface area contributed by atoms with Gasteiger partial charge in [0.15, 0.2) is 5.41 Å². The number of esters is 1. The summed E-state index contributed by atoms with van der Waals surface area (Å²) in [6.45, 7) is 4.75. The number of rotatable bonds is 4. The normalized spacial score (nSPS) is 12.4. The van der Waals surface area contributed by atoms with Crippen molar-refractivity contribution in [3.8, 4) is 12.1 Å². The zero-order chi connectivity index (χ0) is 15.3. The van der Waals surface area contributed by atoms with Crippen molar-refractivity contribution < 1.29 is 22.7 Å². The molecule has 106 valence electrons. The number of nitrogens with zero attached hydrogens (tertiary/aromatic N) is 2. The zero-order valence-corrected chi connectivity index (χ0v) is 11.0. The van der Waals surface area contributed by atoms with Gasteiger partial charge in [-0.15, -0.1) is 0 Å². The van der Waals surface area contributed by atoms with E-state index in [0.29, 0.717) is 0 Å². The van der Waals surface area contributed by atoms with Crippen LogP contribution < -0.4 is 0 Å². The van der Waals surface area contributed by atoms with E-state index in [4.69, 9.17) is 15.3 Å². The van der Waals surface area contributed by atoms with E-state index in [2.05, 4.69) is 0 Å². The van der Waals surface area contributed by atoms with Crippen LogP contribution in [0.1, 0.15) is 40.0 Å². The van der Waals surface area contributed by atoms with Crippen molar-refractivity contribution in [1.82, 2.24) is 0 Å². The fraction of sp³-hybridized carbons (Fsp3) is 0.750. The summed E-state index contributed by atoms with van der Waals surface area (Å²) in [6.07, 6.45) is -7.19. The van der Waals surface area contributed by atoms with Crippen molar-refractivity contribution in [2.24, 2.45) is 5.41 Å². The van der Waals surface area contributed by atoms with E-state index in [1.165, 1.54) is 12.1 Å². The Kier molecular flexibility index (Phi) is 5.37. The smallest absolute Gasteiger partial charge is 0.389 e. The molecule has 19 heavy (non-hydrogen) atoms. The average molecular weight is 276 g/mol. The van der Waals surface area contributed by atoms with Crippen LogP contribution in [0.25, 0.3) is 0 Å². The van der Waals surface area contributed by atoms with Gasteiger partial charge in [-0.3, -0.25) is 4.79 Å². The lowest BCUT2D eigenvalue weighted by Crippen LogP contribution is -2.29. The van der Waals surface area contributed by atoms with E-state index in [-0.39, 0.29) is 0 Å². The number of hydrogen-bond acceptors (Lipinski definition) is 4. The van der Waals surface area contributed by atoms with Gasteiger partial charge in [0.1, 0.15) is 5.60 Å². The highest BCUT2D eigenvalue weighted by Gasteiger charge is 2.39. The molecule has 0 aliphatic carbocycles. The number of hydrogen-bond donors (Lipinski definition) is 0. The van der Waals surface area contributed by atoms with E-state index in [1.807, 2.05) is 0 Å². The topological polar surface area (TPSA) is 73.9 Å². The molecule has 0 aromatic rings. The van der Waals surface area contributed by atoms with Gasteiger partial charge in [-0.25, -0.2) is 0 Å². The Morgan fingerprint density at radius 1 is 1.11 bits per heavy atom. The first kappa shape index (κ1) is 17.2. The van der Waals surface area contributed by atoms with E-state index < -0.39 is 42.4 Å². The molecule has 0 radical (unpaired) electrons. The Labute approximate surface area is 109 Å². The highest BCUT2D eigenvalue weighted by Crippen LogP contribution is 2.33. The van der Waals surface area contributed by atoms with Gasteiger partial charge in [0.25, 0.3) is 0 Å². The van der Waals surface area contributed by atoms with Crippen LogP contribution in [-0.4, -0.2) is 17.7 Å². The first-order valence-electron chi connectivity index (χ1n) is 5.54. The lowest BCUT2D eigenvalue weighted by Gasteiger charge is -2.23. The SMILES string of the molecule is CC(C)(C)OC(=O)CC(C#N)(C#N)CCC(F)(F)F.